The summed E-state index contributed by atoms with van der Waals surface area (Å²) >= 11 is 0. The molecule has 2 fully saturated rings. The maximum atomic E-state index is 12.9. The zero-order valence-electron chi connectivity index (χ0n) is 17.9. The fourth-order valence-electron chi connectivity index (χ4n) is 4.79. The van der Waals surface area contributed by atoms with E-state index in [9.17, 15) is 14.7 Å². The van der Waals surface area contributed by atoms with Crippen molar-refractivity contribution >= 4 is 28.3 Å². The first kappa shape index (κ1) is 19.8. The lowest BCUT2D eigenvalue weighted by molar-refractivity contribution is 0.0577. The van der Waals surface area contributed by atoms with Crippen LogP contribution >= 0.6 is 0 Å². The Hall–Kier alpha value is -3.85. The van der Waals surface area contributed by atoms with Crippen LogP contribution in [-0.2, 0) is 4.84 Å². The van der Waals surface area contributed by atoms with E-state index in [1.165, 1.54) is 6.20 Å². The van der Waals surface area contributed by atoms with Crippen LogP contribution in [0.15, 0.2) is 53.1 Å². The molecule has 6 rings (SSSR count). The third kappa shape index (κ3) is 3.07. The number of pyridine rings is 2. The Labute approximate surface area is 188 Å². The summed E-state index contributed by atoms with van der Waals surface area (Å²) in [5, 5.41) is 9.89. The van der Waals surface area contributed by atoms with Gasteiger partial charge < -0.3 is 19.3 Å². The van der Waals surface area contributed by atoms with E-state index in [0.717, 1.165) is 35.5 Å². The van der Waals surface area contributed by atoms with Gasteiger partial charge in [-0.3, -0.25) is 20.1 Å². The molecule has 2 aromatic heterocycles. The highest BCUT2D eigenvalue weighted by Gasteiger charge is 2.38. The molecule has 0 radical (unpaired) electrons. The third-order valence-electron chi connectivity index (χ3n) is 6.52. The normalized spacial score (nSPS) is 19.7. The van der Waals surface area contributed by atoms with Crippen LogP contribution in [-0.4, -0.2) is 46.9 Å². The second-order valence-corrected chi connectivity index (χ2v) is 8.53. The number of aromatic carboxylic acids is 1. The average Bonchev–Trinajstić information content (AvgIpc) is 3.46. The largest absolute Gasteiger partial charge is 0.492 e. The molecule has 3 aromatic rings. The molecule has 9 heteroatoms. The van der Waals surface area contributed by atoms with E-state index in [2.05, 4.69) is 15.4 Å². The molecule has 33 heavy (non-hydrogen) atoms. The predicted octanol–water partition coefficient (Wildman–Crippen LogP) is 2.57. The number of carbonyl (C=O) groups is 1. The molecule has 4 heterocycles. The molecular weight excluding hydrogens is 424 g/mol. The molecule has 1 aliphatic carbocycles. The third-order valence-corrected chi connectivity index (χ3v) is 6.52. The fourth-order valence-corrected chi connectivity index (χ4v) is 4.79. The summed E-state index contributed by atoms with van der Waals surface area (Å²) in [7, 11) is 1.58. The summed E-state index contributed by atoms with van der Waals surface area (Å²) in [6.45, 7) is 1.23. The van der Waals surface area contributed by atoms with Gasteiger partial charge in [0.15, 0.2) is 5.75 Å². The van der Waals surface area contributed by atoms with Gasteiger partial charge in [0.1, 0.15) is 11.7 Å². The molecule has 2 N–H and O–H groups in total. The number of anilines is 1. The first-order chi connectivity index (χ1) is 16.1. The molecule has 1 saturated carbocycles. The lowest BCUT2D eigenvalue weighted by Gasteiger charge is -2.24. The second-order valence-electron chi connectivity index (χ2n) is 8.53. The van der Waals surface area contributed by atoms with Crippen molar-refractivity contribution in [2.45, 2.75) is 25.0 Å². The van der Waals surface area contributed by atoms with Gasteiger partial charge in [-0.25, -0.2) is 4.79 Å². The van der Waals surface area contributed by atoms with Crippen molar-refractivity contribution in [2.24, 2.45) is 0 Å². The molecule has 0 amide bonds. The van der Waals surface area contributed by atoms with Crippen molar-refractivity contribution in [3.63, 3.8) is 0 Å². The van der Waals surface area contributed by atoms with E-state index in [0.29, 0.717) is 29.7 Å². The molecule has 1 saturated heterocycles. The topological polar surface area (TPSA) is 106 Å². The molecule has 1 unspecified atom stereocenters. The predicted molar refractivity (Wildman–Crippen MR) is 121 cm³/mol. The highest BCUT2D eigenvalue weighted by atomic mass is 16.7. The first-order valence-electron chi connectivity index (χ1n) is 10.9. The lowest BCUT2D eigenvalue weighted by atomic mass is 10.1. The maximum absolute atomic E-state index is 12.9. The molecule has 168 valence electrons. The van der Waals surface area contributed by atoms with Gasteiger partial charge in [-0.2, -0.15) is 0 Å². The van der Waals surface area contributed by atoms with Gasteiger partial charge in [0, 0.05) is 30.6 Å². The molecular formula is C24H22N4O5. The number of carboxylic acids is 1. The molecule has 1 aromatic carbocycles. The summed E-state index contributed by atoms with van der Waals surface area (Å²) in [6.07, 6.45) is 4.97. The monoisotopic (exact) mass is 446 g/mol. The van der Waals surface area contributed by atoms with Gasteiger partial charge in [0.25, 0.3) is 0 Å². The van der Waals surface area contributed by atoms with Crippen molar-refractivity contribution in [1.29, 1.82) is 0 Å². The molecule has 0 spiro atoms. The van der Waals surface area contributed by atoms with E-state index in [1.807, 2.05) is 28.8 Å². The zero-order valence-corrected chi connectivity index (χ0v) is 17.9. The number of rotatable bonds is 5. The number of ether oxygens (including phenoxy) is 1. The van der Waals surface area contributed by atoms with Crippen LogP contribution in [0.4, 0.5) is 5.69 Å². The highest BCUT2D eigenvalue weighted by Crippen LogP contribution is 2.44. The van der Waals surface area contributed by atoms with Gasteiger partial charge in [-0.1, -0.05) is 6.07 Å². The lowest BCUT2D eigenvalue weighted by Crippen LogP contribution is -2.26. The number of nitrogens with one attached hydrogen (secondary N) is 1. The SMILES string of the molecule is COc1c(N2CC3=C(c4ccccn4)NOC3C2)ccc2c(=O)c(C(=O)O)cn(C3CC3)c12. The number of hydrogen-bond acceptors (Lipinski definition) is 7. The Kier molecular flexibility index (Phi) is 4.41. The molecule has 9 nitrogen and oxygen atoms in total. The van der Waals surface area contributed by atoms with Crippen LogP contribution in [0.2, 0.25) is 0 Å². The number of fused-ring (bicyclic) bond motifs is 2. The minimum absolute atomic E-state index is 0.123. The number of nitrogens with zero attached hydrogens (tertiary/aromatic N) is 3. The average molecular weight is 446 g/mol. The summed E-state index contributed by atoms with van der Waals surface area (Å²) in [5.74, 6) is -0.647. The van der Waals surface area contributed by atoms with Gasteiger partial charge >= 0.3 is 5.97 Å². The molecule has 2 aliphatic heterocycles. The minimum Gasteiger partial charge on any atom is -0.492 e. The van der Waals surface area contributed by atoms with Gasteiger partial charge in [0.2, 0.25) is 5.43 Å². The van der Waals surface area contributed by atoms with E-state index in [4.69, 9.17) is 9.57 Å². The van der Waals surface area contributed by atoms with Crippen molar-refractivity contribution in [2.75, 3.05) is 25.1 Å². The summed E-state index contributed by atoms with van der Waals surface area (Å²) in [5.41, 5.74) is 6.60. The van der Waals surface area contributed by atoms with Crippen LogP contribution in [0.5, 0.6) is 5.75 Å². The highest BCUT2D eigenvalue weighted by molar-refractivity contribution is 5.97. The van der Waals surface area contributed by atoms with Crippen molar-refractivity contribution in [3.8, 4) is 5.75 Å². The summed E-state index contributed by atoms with van der Waals surface area (Å²) < 4.78 is 7.74. The number of hydroxylamine groups is 1. The Morgan fingerprint density at radius 3 is 2.82 bits per heavy atom. The molecule has 1 atom stereocenters. The van der Waals surface area contributed by atoms with E-state index in [-0.39, 0.29) is 17.7 Å². The number of methoxy groups -OCH3 is 1. The maximum Gasteiger partial charge on any atom is 0.341 e. The Balaban J connectivity index is 1.48. The summed E-state index contributed by atoms with van der Waals surface area (Å²) in [6, 6.07) is 9.46. The van der Waals surface area contributed by atoms with E-state index in [1.54, 1.807) is 19.4 Å². The number of carboxylic acid groups (broad SMARTS) is 1. The second kappa shape index (κ2) is 7.35. The standard InChI is InChI=1S/C24H22N4O5/c1-32-23-18(27-10-15-19(12-27)33-26-20(15)17-4-2-3-9-25-17)8-7-14-21(23)28(13-5-6-13)11-16(22(14)29)24(30)31/h2-4,7-9,11,13,19,26H,5-6,10,12H2,1H3,(H,30,31). The Morgan fingerprint density at radius 1 is 1.27 bits per heavy atom. The van der Waals surface area contributed by atoms with Gasteiger partial charge in [0.05, 0.1) is 41.6 Å². The molecule has 3 aliphatic rings. The number of aromatic nitrogens is 2. The van der Waals surface area contributed by atoms with Crippen molar-refractivity contribution < 1.29 is 19.5 Å². The van der Waals surface area contributed by atoms with Crippen molar-refractivity contribution in [3.05, 3.63) is 69.8 Å². The van der Waals surface area contributed by atoms with Crippen LogP contribution in [0.25, 0.3) is 16.6 Å². The van der Waals surface area contributed by atoms with Crippen LogP contribution < -0.4 is 20.5 Å². The van der Waals surface area contributed by atoms with Gasteiger partial charge in [-0.05, 0) is 37.1 Å². The van der Waals surface area contributed by atoms with Crippen molar-refractivity contribution in [1.82, 2.24) is 15.0 Å². The van der Waals surface area contributed by atoms with E-state index >= 15 is 0 Å². The fraction of sp³-hybridized carbons (Fsp3) is 0.292. The van der Waals surface area contributed by atoms with Gasteiger partial charge in [-0.15, -0.1) is 0 Å². The zero-order chi connectivity index (χ0) is 22.7. The number of benzene rings is 1. The first-order valence-corrected chi connectivity index (χ1v) is 10.9. The smallest absolute Gasteiger partial charge is 0.341 e. The summed E-state index contributed by atoms with van der Waals surface area (Å²) in [4.78, 5) is 37.0. The Morgan fingerprint density at radius 2 is 2.12 bits per heavy atom. The quantitative estimate of drug-likeness (QED) is 0.616. The van der Waals surface area contributed by atoms with Crippen LogP contribution in [0.1, 0.15) is 34.9 Å². The van der Waals surface area contributed by atoms with Crippen LogP contribution in [0, 0.1) is 0 Å². The number of hydrogen-bond donors (Lipinski definition) is 2. The van der Waals surface area contributed by atoms with Crippen LogP contribution in [0.3, 0.4) is 0 Å². The minimum atomic E-state index is -1.22. The molecule has 0 bridgehead atoms. The Bertz CT molecular complexity index is 1380. The van der Waals surface area contributed by atoms with E-state index < -0.39 is 11.4 Å².